The van der Waals surface area contributed by atoms with Crippen LogP contribution in [-0.4, -0.2) is 35.7 Å². The summed E-state index contributed by atoms with van der Waals surface area (Å²) in [4.78, 5) is 13.9. The van der Waals surface area contributed by atoms with Gasteiger partial charge in [-0.25, -0.2) is 9.18 Å². The quantitative estimate of drug-likeness (QED) is 0.900. The summed E-state index contributed by atoms with van der Waals surface area (Å²) >= 11 is 5.73. The van der Waals surface area contributed by atoms with Gasteiger partial charge in [0.25, 0.3) is 0 Å². The molecule has 1 aliphatic rings. The average molecular weight is 329 g/mol. The smallest absolute Gasteiger partial charge is 0.410 e. The summed E-state index contributed by atoms with van der Waals surface area (Å²) in [6, 6.07) is 4.51. The van der Waals surface area contributed by atoms with Gasteiger partial charge in [-0.3, -0.25) is 0 Å². The lowest BCUT2D eigenvalue weighted by Gasteiger charge is -2.29. The summed E-state index contributed by atoms with van der Waals surface area (Å²) in [5.41, 5.74) is -0.125. The molecule has 1 heterocycles. The molecule has 6 heteroatoms. The number of likely N-dealkylation sites (tertiary alicyclic amines) is 1. The van der Waals surface area contributed by atoms with E-state index in [0.717, 1.165) is 12.8 Å². The van der Waals surface area contributed by atoms with Crippen LogP contribution in [0.5, 0.6) is 0 Å². The van der Waals surface area contributed by atoms with E-state index in [4.69, 9.17) is 16.3 Å². The number of rotatable bonds is 3. The molecular formula is C16H22ClFN2O2. The number of nitrogens with zero attached hydrogens (tertiary/aromatic N) is 1. The number of carbonyl (C=O) groups is 1. The van der Waals surface area contributed by atoms with Crippen LogP contribution in [0.2, 0.25) is 5.02 Å². The van der Waals surface area contributed by atoms with Gasteiger partial charge in [-0.2, -0.15) is 0 Å². The standard InChI is InChI=1S/C16H22ClFN2O2/c1-16(2,3)22-15(21)20-8-4-5-12(20)10-19-14-7-6-11(17)9-13(14)18/h6-7,9,12,19H,4-5,8,10H2,1-3H3. The fourth-order valence-electron chi connectivity index (χ4n) is 2.47. The molecule has 0 saturated carbocycles. The number of amides is 1. The molecule has 0 aromatic heterocycles. The number of nitrogens with one attached hydrogen (secondary N) is 1. The summed E-state index contributed by atoms with van der Waals surface area (Å²) in [7, 11) is 0. The van der Waals surface area contributed by atoms with Crippen LogP contribution in [0.25, 0.3) is 0 Å². The van der Waals surface area contributed by atoms with Crippen molar-refractivity contribution in [1.29, 1.82) is 0 Å². The zero-order chi connectivity index (χ0) is 16.3. The minimum atomic E-state index is -0.514. The third-order valence-electron chi connectivity index (χ3n) is 3.46. The van der Waals surface area contributed by atoms with Gasteiger partial charge < -0.3 is 15.0 Å². The molecule has 1 aromatic carbocycles. The van der Waals surface area contributed by atoms with E-state index in [0.29, 0.717) is 23.8 Å². The van der Waals surface area contributed by atoms with E-state index in [1.165, 1.54) is 6.07 Å². The molecule has 1 unspecified atom stereocenters. The number of halogens is 2. The Morgan fingerprint density at radius 3 is 2.86 bits per heavy atom. The molecule has 0 bridgehead atoms. The summed E-state index contributed by atoms with van der Waals surface area (Å²) < 4.78 is 19.2. The van der Waals surface area contributed by atoms with E-state index in [9.17, 15) is 9.18 Å². The van der Waals surface area contributed by atoms with Crippen molar-refractivity contribution in [2.24, 2.45) is 0 Å². The van der Waals surface area contributed by atoms with Gasteiger partial charge >= 0.3 is 6.09 Å². The van der Waals surface area contributed by atoms with Gasteiger partial charge in [0.05, 0.1) is 11.7 Å². The van der Waals surface area contributed by atoms with Crippen LogP contribution >= 0.6 is 11.6 Å². The lowest BCUT2D eigenvalue weighted by Crippen LogP contribution is -2.42. The number of hydrogen-bond acceptors (Lipinski definition) is 3. The Morgan fingerprint density at radius 2 is 2.23 bits per heavy atom. The van der Waals surface area contributed by atoms with Crippen LogP contribution in [0.1, 0.15) is 33.6 Å². The Morgan fingerprint density at radius 1 is 1.50 bits per heavy atom. The van der Waals surface area contributed by atoms with Gasteiger partial charge in [0.2, 0.25) is 0 Å². The Labute approximate surface area is 135 Å². The first-order chi connectivity index (χ1) is 10.3. The van der Waals surface area contributed by atoms with Gasteiger partial charge in [0.15, 0.2) is 0 Å². The molecule has 122 valence electrons. The van der Waals surface area contributed by atoms with E-state index in [1.807, 2.05) is 20.8 Å². The zero-order valence-electron chi connectivity index (χ0n) is 13.2. The van der Waals surface area contributed by atoms with E-state index in [1.54, 1.807) is 17.0 Å². The van der Waals surface area contributed by atoms with Crippen LogP contribution in [0.15, 0.2) is 18.2 Å². The molecule has 22 heavy (non-hydrogen) atoms. The number of benzene rings is 1. The Hall–Kier alpha value is -1.49. The molecule has 2 rings (SSSR count). The molecule has 1 aromatic rings. The highest BCUT2D eigenvalue weighted by atomic mass is 35.5. The van der Waals surface area contributed by atoms with Crippen LogP contribution < -0.4 is 5.32 Å². The highest BCUT2D eigenvalue weighted by molar-refractivity contribution is 6.30. The van der Waals surface area contributed by atoms with E-state index in [-0.39, 0.29) is 12.1 Å². The van der Waals surface area contributed by atoms with Crippen molar-refractivity contribution in [2.45, 2.75) is 45.3 Å². The van der Waals surface area contributed by atoms with Crippen molar-refractivity contribution in [3.05, 3.63) is 29.0 Å². The van der Waals surface area contributed by atoms with Crippen LogP contribution in [0.4, 0.5) is 14.9 Å². The third kappa shape index (κ3) is 4.50. The summed E-state index contributed by atoms with van der Waals surface area (Å²) in [5, 5.41) is 3.41. The number of ether oxygens (including phenoxy) is 1. The first kappa shape index (κ1) is 16.9. The molecule has 1 atom stereocenters. The van der Waals surface area contributed by atoms with Gasteiger partial charge in [0.1, 0.15) is 11.4 Å². The molecule has 1 saturated heterocycles. The second kappa shape index (κ2) is 6.73. The van der Waals surface area contributed by atoms with Crippen molar-refractivity contribution < 1.29 is 13.9 Å². The first-order valence-electron chi connectivity index (χ1n) is 7.45. The third-order valence-corrected chi connectivity index (χ3v) is 3.70. The maximum absolute atomic E-state index is 13.8. The molecule has 1 fully saturated rings. The van der Waals surface area contributed by atoms with Crippen molar-refractivity contribution in [1.82, 2.24) is 4.90 Å². The minimum absolute atomic E-state index is 0.00456. The highest BCUT2D eigenvalue weighted by Crippen LogP contribution is 2.23. The molecule has 1 amide bonds. The lowest BCUT2D eigenvalue weighted by molar-refractivity contribution is 0.0235. The lowest BCUT2D eigenvalue weighted by atomic mass is 10.2. The summed E-state index contributed by atoms with van der Waals surface area (Å²) in [6.07, 6.45) is 1.49. The number of anilines is 1. The van der Waals surface area contributed by atoms with E-state index in [2.05, 4.69) is 5.32 Å². The van der Waals surface area contributed by atoms with E-state index < -0.39 is 11.4 Å². The predicted molar refractivity (Wildman–Crippen MR) is 85.9 cm³/mol. The molecule has 4 nitrogen and oxygen atoms in total. The minimum Gasteiger partial charge on any atom is -0.444 e. The summed E-state index contributed by atoms with van der Waals surface area (Å²) in [6.45, 7) is 6.69. The molecule has 0 spiro atoms. The normalized spacial score (nSPS) is 18.4. The van der Waals surface area contributed by atoms with E-state index >= 15 is 0 Å². The highest BCUT2D eigenvalue weighted by Gasteiger charge is 2.32. The number of hydrogen-bond donors (Lipinski definition) is 1. The molecule has 0 aliphatic carbocycles. The molecular weight excluding hydrogens is 307 g/mol. The second-order valence-electron chi connectivity index (χ2n) is 6.47. The monoisotopic (exact) mass is 328 g/mol. The van der Waals surface area contributed by atoms with Gasteiger partial charge in [-0.1, -0.05) is 11.6 Å². The first-order valence-corrected chi connectivity index (χ1v) is 7.82. The summed E-state index contributed by atoms with van der Waals surface area (Å²) in [5.74, 6) is -0.394. The molecule has 1 aliphatic heterocycles. The van der Waals surface area contributed by atoms with Crippen LogP contribution in [-0.2, 0) is 4.74 Å². The van der Waals surface area contributed by atoms with Crippen molar-refractivity contribution in [2.75, 3.05) is 18.4 Å². The zero-order valence-corrected chi connectivity index (χ0v) is 13.9. The van der Waals surface area contributed by atoms with Crippen molar-refractivity contribution >= 4 is 23.4 Å². The average Bonchev–Trinajstić information content (AvgIpc) is 2.84. The Kier molecular flexibility index (Phi) is 5.16. The SMILES string of the molecule is CC(C)(C)OC(=O)N1CCCC1CNc1ccc(Cl)cc1F. The topological polar surface area (TPSA) is 41.6 Å². The van der Waals surface area contributed by atoms with Gasteiger partial charge in [-0.15, -0.1) is 0 Å². The largest absolute Gasteiger partial charge is 0.444 e. The molecule has 1 N–H and O–H groups in total. The van der Waals surface area contributed by atoms with Crippen molar-refractivity contribution in [3.8, 4) is 0 Å². The Bertz CT molecular complexity index is 545. The maximum atomic E-state index is 13.8. The fourth-order valence-corrected chi connectivity index (χ4v) is 2.63. The van der Waals surface area contributed by atoms with Gasteiger partial charge in [-0.05, 0) is 51.8 Å². The van der Waals surface area contributed by atoms with Crippen LogP contribution in [0.3, 0.4) is 0 Å². The van der Waals surface area contributed by atoms with Gasteiger partial charge in [0, 0.05) is 18.1 Å². The van der Waals surface area contributed by atoms with Crippen molar-refractivity contribution in [3.63, 3.8) is 0 Å². The molecule has 0 radical (unpaired) electrons. The predicted octanol–water partition coefficient (Wildman–Crippen LogP) is 4.29. The van der Waals surface area contributed by atoms with Crippen LogP contribution in [0, 0.1) is 5.82 Å². The number of carbonyl (C=O) groups excluding carboxylic acids is 1. The maximum Gasteiger partial charge on any atom is 0.410 e. The Balaban J connectivity index is 1.95. The second-order valence-corrected chi connectivity index (χ2v) is 6.91. The fraction of sp³-hybridized carbons (Fsp3) is 0.562.